The summed E-state index contributed by atoms with van der Waals surface area (Å²) in [6.45, 7) is 2.27. The number of carbonyl (C=O) groups is 1. The summed E-state index contributed by atoms with van der Waals surface area (Å²) >= 11 is 0. The molecule has 0 radical (unpaired) electrons. The van der Waals surface area contributed by atoms with Gasteiger partial charge in [-0.2, -0.15) is 0 Å². The molecule has 0 saturated carbocycles. The maximum absolute atomic E-state index is 10.1. The molecule has 0 aliphatic carbocycles. The van der Waals surface area contributed by atoms with E-state index in [4.69, 9.17) is 0 Å². The Bertz CT molecular complexity index is 202. The van der Waals surface area contributed by atoms with Gasteiger partial charge in [0.05, 0.1) is 0 Å². The molecule has 0 aliphatic rings. The van der Waals surface area contributed by atoms with Crippen molar-refractivity contribution in [3.63, 3.8) is 0 Å². The molecule has 20 heavy (non-hydrogen) atoms. The second-order valence-electron chi connectivity index (χ2n) is 5.54. The number of aldehydes is 1. The topological polar surface area (TPSA) is 17.1 Å². The average molecular weight is 290 g/mol. The molecule has 0 amide bonds. The fraction of sp³-hybridized carbons (Fsp3) is 0.833. The monoisotopic (exact) mass is 290 g/mol. The van der Waals surface area contributed by atoms with Crippen LogP contribution in [0.2, 0.25) is 0 Å². The van der Waals surface area contributed by atoms with Crippen molar-refractivity contribution in [2.75, 3.05) is 0 Å². The molecule has 0 spiro atoms. The standard InChI is InChI=1S/C18H34O.Na.H/c1-2-3-4-5-6-7-8-9-10-11-12-13-14-15-16-17-18-19;;/h9-10,18H,2-8,11-17H2,1H3;;/b10-9-;;. The van der Waals surface area contributed by atoms with E-state index in [1.165, 1.54) is 77.0 Å². The van der Waals surface area contributed by atoms with Gasteiger partial charge in [-0.3, -0.25) is 0 Å². The van der Waals surface area contributed by atoms with Crippen LogP contribution in [0.25, 0.3) is 0 Å². The van der Waals surface area contributed by atoms with Crippen molar-refractivity contribution in [1.82, 2.24) is 0 Å². The molecule has 1 nitrogen and oxygen atoms in total. The van der Waals surface area contributed by atoms with E-state index >= 15 is 0 Å². The van der Waals surface area contributed by atoms with Crippen molar-refractivity contribution in [3.8, 4) is 0 Å². The molecule has 0 saturated heterocycles. The molecular formula is C18H35NaO. The third kappa shape index (κ3) is 20.7. The summed E-state index contributed by atoms with van der Waals surface area (Å²) in [5.74, 6) is 0. The van der Waals surface area contributed by atoms with Gasteiger partial charge in [-0.15, -0.1) is 0 Å². The predicted octanol–water partition coefficient (Wildman–Crippen LogP) is 5.57. The zero-order chi connectivity index (χ0) is 14.0. The molecular weight excluding hydrogens is 255 g/mol. The van der Waals surface area contributed by atoms with Crippen molar-refractivity contribution < 1.29 is 4.79 Å². The minimum absolute atomic E-state index is 0. The van der Waals surface area contributed by atoms with Gasteiger partial charge in [-0.05, 0) is 32.1 Å². The van der Waals surface area contributed by atoms with Gasteiger partial charge in [0, 0.05) is 6.42 Å². The van der Waals surface area contributed by atoms with Crippen molar-refractivity contribution in [2.45, 2.75) is 96.8 Å². The summed E-state index contributed by atoms with van der Waals surface area (Å²) in [4.78, 5) is 10.1. The summed E-state index contributed by atoms with van der Waals surface area (Å²) in [5, 5.41) is 0. The average Bonchev–Trinajstić information content (AvgIpc) is 2.43. The van der Waals surface area contributed by atoms with E-state index in [1.54, 1.807) is 0 Å². The van der Waals surface area contributed by atoms with E-state index in [2.05, 4.69) is 19.1 Å². The first kappa shape index (κ1) is 22.7. The summed E-state index contributed by atoms with van der Waals surface area (Å²) in [6, 6.07) is 0. The molecule has 2 heteroatoms. The Hall–Kier alpha value is 0.410. The Morgan fingerprint density at radius 1 is 0.600 bits per heavy atom. The van der Waals surface area contributed by atoms with Crippen molar-refractivity contribution in [2.24, 2.45) is 0 Å². The number of rotatable bonds is 15. The first-order valence-corrected chi connectivity index (χ1v) is 8.50. The van der Waals surface area contributed by atoms with Crippen LogP contribution in [0.4, 0.5) is 0 Å². The summed E-state index contributed by atoms with van der Waals surface area (Å²) in [6.07, 6.45) is 23.6. The van der Waals surface area contributed by atoms with Crippen LogP contribution in [0.15, 0.2) is 12.2 Å². The summed E-state index contributed by atoms with van der Waals surface area (Å²) in [5.41, 5.74) is 0. The Morgan fingerprint density at radius 3 is 1.45 bits per heavy atom. The van der Waals surface area contributed by atoms with Crippen LogP contribution < -0.4 is 0 Å². The molecule has 0 aliphatic heterocycles. The predicted molar refractivity (Wildman–Crippen MR) is 92.7 cm³/mol. The van der Waals surface area contributed by atoms with Gasteiger partial charge in [0.1, 0.15) is 6.29 Å². The molecule has 0 heterocycles. The van der Waals surface area contributed by atoms with Crippen LogP contribution in [0.3, 0.4) is 0 Å². The molecule has 0 fully saturated rings. The molecule has 0 atom stereocenters. The third-order valence-electron chi connectivity index (χ3n) is 3.58. The van der Waals surface area contributed by atoms with Gasteiger partial charge in [0.25, 0.3) is 0 Å². The normalized spacial score (nSPS) is 10.7. The SMILES string of the molecule is CCCCCCCC/C=C\CCCCCCCC=O.[NaH]. The van der Waals surface area contributed by atoms with Gasteiger partial charge in [-0.25, -0.2) is 0 Å². The molecule has 0 rings (SSSR count). The first-order chi connectivity index (χ1) is 9.41. The van der Waals surface area contributed by atoms with E-state index in [9.17, 15) is 4.79 Å². The molecule has 0 aromatic rings. The van der Waals surface area contributed by atoms with Gasteiger partial charge in [-0.1, -0.05) is 70.4 Å². The number of allylic oxidation sites excluding steroid dienone is 2. The molecule has 0 bridgehead atoms. The molecule has 0 aromatic heterocycles. The fourth-order valence-corrected chi connectivity index (χ4v) is 2.30. The Kier molecular flexibility index (Phi) is 24.6. The van der Waals surface area contributed by atoms with Gasteiger partial charge < -0.3 is 4.79 Å². The Labute approximate surface area is 149 Å². The van der Waals surface area contributed by atoms with Crippen LogP contribution in [0.1, 0.15) is 96.8 Å². The second-order valence-corrected chi connectivity index (χ2v) is 5.54. The summed E-state index contributed by atoms with van der Waals surface area (Å²) < 4.78 is 0. The van der Waals surface area contributed by atoms with Gasteiger partial charge >= 0.3 is 29.6 Å². The van der Waals surface area contributed by atoms with E-state index in [0.717, 1.165) is 19.1 Å². The number of hydrogen-bond acceptors (Lipinski definition) is 1. The number of unbranched alkanes of at least 4 members (excludes halogenated alkanes) is 12. The molecule has 114 valence electrons. The summed E-state index contributed by atoms with van der Waals surface area (Å²) in [7, 11) is 0. The van der Waals surface area contributed by atoms with Gasteiger partial charge in [0.2, 0.25) is 0 Å². The van der Waals surface area contributed by atoms with Crippen molar-refractivity contribution in [1.29, 1.82) is 0 Å². The second kappa shape index (κ2) is 21.7. The van der Waals surface area contributed by atoms with Crippen LogP contribution in [-0.4, -0.2) is 35.8 Å². The van der Waals surface area contributed by atoms with Crippen LogP contribution >= 0.6 is 0 Å². The fourth-order valence-electron chi connectivity index (χ4n) is 2.30. The number of hydrogen-bond donors (Lipinski definition) is 0. The van der Waals surface area contributed by atoms with E-state index in [-0.39, 0.29) is 29.6 Å². The van der Waals surface area contributed by atoms with Crippen LogP contribution in [-0.2, 0) is 4.79 Å². The van der Waals surface area contributed by atoms with E-state index in [0.29, 0.717) is 0 Å². The molecule has 0 aromatic carbocycles. The molecule has 0 unspecified atom stereocenters. The zero-order valence-corrected chi connectivity index (χ0v) is 13.0. The van der Waals surface area contributed by atoms with Gasteiger partial charge in [0.15, 0.2) is 0 Å². The first-order valence-electron chi connectivity index (χ1n) is 8.50. The van der Waals surface area contributed by atoms with E-state index in [1.807, 2.05) is 0 Å². The zero-order valence-electron chi connectivity index (χ0n) is 13.0. The quantitative estimate of drug-likeness (QED) is 0.167. The Morgan fingerprint density at radius 2 is 1.00 bits per heavy atom. The number of carbonyl (C=O) groups excluding carboxylic acids is 1. The van der Waals surface area contributed by atoms with Crippen LogP contribution in [0, 0.1) is 0 Å². The van der Waals surface area contributed by atoms with Crippen molar-refractivity contribution in [3.05, 3.63) is 12.2 Å². The van der Waals surface area contributed by atoms with Crippen LogP contribution in [0.5, 0.6) is 0 Å². The van der Waals surface area contributed by atoms with Crippen molar-refractivity contribution >= 4 is 35.8 Å². The van der Waals surface area contributed by atoms with E-state index < -0.39 is 0 Å². The molecule has 0 N–H and O–H groups in total. The minimum atomic E-state index is 0. The Balaban J connectivity index is 0. The maximum atomic E-state index is 10.1. The third-order valence-corrected chi connectivity index (χ3v) is 3.58.